The van der Waals surface area contributed by atoms with Crippen molar-refractivity contribution < 1.29 is 23.9 Å². The highest BCUT2D eigenvalue weighted by atomic mass is 79.9. The van der Waals surface area contributed by atoms with Crippen LogP contribution in [0.1, 0.15) is 18.9 Å². The lowest BCUT2D eigenvalue weighted by Crippen LogP contribution is -2.39. The van der Waals surface area contributed by atoms with Gasteiger partial charge in [-0.15, -0.1) is 0 Å². The van der Waals surface area contributed by atoms with E-state index in [0.717, 1.165) is 22.9 Å². The Morgan fingerprint density at radius 3 is 2.85 bits per heavy atom. The molecule has 27 heavy (non-hydrogen) atoms. The molecule has 3 fully saturated rings. The number of carbonyl (C=O) groups excluding carboxylic acids is 3. The number of rotatable bonds is 5. The minimum absolute atomic E-state index is 0.0187. The number of hydrogen-bond acceptors (Lipinski definition) is 5. The molecular formula is C19H19Br2NO5. The minimum atomic E-state index is -0.530. The lowest BCUT2D eigenvalue weighted by atomic mass is 9.80. The van der Waals surface area contributed by atoms with Crippen molar-refractivity contribution in [3.63, 3.8) is 0 Å². The number of esters is 2. The van der Waals surface area contributed by atoms with Crippen LogP contribution < -0.4 is 5.32 Å². The summed E-state index contributed by atoms with van der Waals surface area (Å²) in [6.07, 6.45) is 1.41. The molecule has 0 radical (unpaired) electrons. The molecule has 2 bridgehead atoms. The summed E-state index contributed by atoms with van der Waals surface area (Å²) in [6, 6.07) is 5.59. The number of anilines is 1. The molecule has 1 amide bonds. The van der Waals surface area contributed by atoms with E-state index in [-0.39, 0.29) is 35.3 Å². The Kier molecular flexibility index (Phi) is 5.05. The second kappa shape index (κ2) is 7.20. The fourth-order valence-corrected chi connectivity index (χ4v) is 6.14. The Morgan fingerprint density at radius 2 is 2.11 bits per heavy atom. The van der Waals surface area contributed by atoms with Gasteiger partial charge in [-0.3, -0.25) is 14.4 Å². The molecule has 1 saturated heterocycles. The third kappa shape index (κ3) is 3.20. The Labute approximate surface area is 173 Å². The first-order valence-electron chi connectivity index (χ1n) is 9.00. The number of alkyl halides is 1. The van der Waals surface area contributed by atoms with Gasteiger partial charge in [-0.1, -0.05) is 38.8 Å². The maximum atomic E-state index is 12.6. The van der Waals surface area contributed by atoms with Gasteiger partial charge in [0.15, 0.2) is 6.61 Å². The number of amides is 1. The average molecular weight is 501 g/mol. The molecule has 0 unspecified atom stereocenters. The SMILES string of the molecule is CCc1cc(Br)ccc1NC(=O)COC(=O)[C@@H]1[C@H]2C[C@H]3[C@H](OC(=O)[C@@H]31)[C@H]2Br. The summed E-state index contributed by atoms with van der Waals surface area (Å²) in [4.78, 5) is 36.9. The van der Waals surface area contributed by atoms with Crippen LogP contribution in [0.2, 0.25) is 0 Å². The number of aryl methyl sites for hydroxylation is 1. The molecule has 6 atom stereocenters. The molecule has 1 aromatic rings. The predicted molar refractivity (Wildman–Crippen MR) is 104 cm³/mol. The highest BCUT2D eigenvalue weighted by Gasteiger charge is 2.68. The first kappa shape index (κ1) is 18.9. The lowest BCUT2D eigenvalue weighted by Gasteiger charge is -2.26. The highest BCUT2D eigenvalue weighted by Crippen LogP contribution is 2.60. The van der Waals surface area contributed by atoms with E-state index >= 15 is 0 Å². The van der Waals surface area contributed by atoms with Gasteiger partial charge in [0.05, 0.1) is 16.7 Å². The second-order valence-corrected chi connectivity index (χ2v) is 9.24. The fourth-order valence-electron chi connectivity index (χ4n) is 4.69. The third-order valence-electron chi connectivity index (χ3n) is 5.86. The molecule has 0 spiro atoms. The number of fused-ring (bicyclic) bond motifs is 1. The zero-order valence-corrected chi connectivity index (χ0v) is 17.8. The Morgan fingerprint density at radius 1 is 1.33 bits per heavy atom. The number of halogens is 2. The van der Waals surface area contributed by atoms with E-state index in [1.165, 1.54) is 0 Å². The monoisotopic (exact) mass is 499 g/mol. The van der Waals surface area contributed by atoms with E-state index in [1.54, 1.807) is 0 Å². The number of carbonyl (C=O) groups is 3. The number of benzene rings is 1. The Balaban J connectivity index is 1.37. The summed E-state index contributed by atoms with van der Waals surface area (Å²) >= 11 is 6.97. The molecule has 3 aliphatic rings. The normalized spacial score (nSPS) is 33.1. The summed E-state index contributed by atoms with van der Waals surface area (Å²) < 4.78 is 11.6. The van der Waals surface area contributed by atoms with Crippen LogP contribution in [0.4, 0.5) is 5.69 Å². The molecule has 4 rings (SSSR count). The van der Waals surface area contributed by atoms with Gasteiger partial charge >= 0.3 is 11.9 Å². The Bertz CT molecular complexity index is 813. The van der Waals surface area contributed by atoms with Gasteiger partial charge in [-0.05, 0) is 42.5 Å². The third-order valence-corrected chi connectivity index (χ3v) is 7.56. The summed E-state index contributed by atoms with van der Waals surface area (Å²) in [5.41, 5.74) is 1.68. The van der Waals surface area contributed by atoms with E-state index in [4.69, 9.17) is 9.47 Å². The van der Waals surface area contributed by atoms with E-state index < -0.39 is 23.7 Å². The molecule has 8 heteroatoms. The van der Waals surface area contributed by atoms with E-state index in [2.05, 4.69) is 37.2 Å². The van der Waals surface area contributed by atoms with Gasteiger partial charge in [0.25, 0.3) is 5.91 Å². The Hall–Kier alpha value is -1.41. The van der Waals surface area contributed by atoms with Gasteiger partial charge in [0.2, 0.25) is 0 Å². The molecule has 1 aromatic carbocycles. The number of nitrogens with one attached hydrogen (secondary N) is 1. The quantitative estimate of drug-likeness (QED) is 0.496. The van der Waals surface area contributed by atoms with Crippen LogP contribution in [0.5, 0.6) is 0 Å². The van der Waals surface area contributed by atoms with Crippen molar-refractivity contribution in [3.8, 4) is 0 Å². The van der Waals surface area contributed by atoms with Crippen LogP contribution in [0, 0.1) is 23.7 Å². The van der Waals surface area contributed by atoms with Crippen LogP contribution in [-0.4, -0.2) is 35.4 Å². The average Bonchev–Trinajstić information content (AvgIpc) is 3.25. The summed E-state index contributed by atoms with van der Waals surface area (Å²) in [7, 11) is 0. The van der Waals surface area contributed by atoms with Crippen LogP contribution in [-0.2, 0) is 30.3 Å². The first-order chi connectivity index (χ1) is 12.9. The molecule has 1 aliphatic heterocycles. The maximum absolute atomic E-state index is 12.6. The largest absolute Gasteiger partial charge is 0.461 e. The van der Waals surface area contributed by atoms with E-state index in [1.807, 2.05) is 25.1 Å². The van der Waals surface area contributed by atoms with Gasteiger partial charge in [0, 0.05) is 16.1 Å². The summed E-state index contributed by atoms with van der Waals surface area (Å²) in [5, 5.41) is 2.78. The van der Waals surface area contributed by atoms with Gasteiger partial charge in [0.1, 0.15) is 6.10 Å². The van der Waals surface area contributed by atoms with Crippen molar-refractivity contribution in [2.45, 2.75) is 30.7 Å². The number of hydrogen-bond donors (Lipinski definition) is 1. The van der Waals surface area contributed by atoms with E-state index in [0.29, 0.717) is 5.69 Å². The van der Waals surface area contributed by atoms with Crippen molar-refractivity contribution in [3.05, 3.63) is 28.2 Å². The standard InChI is InChI=1S/C19H19Br2NO5/c1-2-8-5-9(20)3-4-12(8)22-13(23)7-26-18(24)14-10-6-11-15(14)19(25)27-17(11)16(10)21/h3-5,10-11,14-17H,2,6-7H2,1H3,(H,22,23)/t10-,11-,14-,15+,16+,17+/m1/s1. The van der Waals surface area contributed by atoms with Crippen molar-refractivity contribution in [2.75, 3.05) is 11.9 Å². The smallest absolute Gasteiger partial charge is 0.310 e. The van der Waals surface area contributed by atoms with Crippen molar-refractivity contribution in [1.29, 1.82) is 0 Å². The molecule has 2 saturated carbocycles. The zero-order chi connectivity index (χ0) is 19.3. The van der Waals surface area contributed by atoms with Crippen molar-refractivity contribution in [2.24, 2.45) is 23.7 Å². The van der Waals surface area contributed by atoms with Crippen LogP contribution in [0.25, 0.3) is 0 Å². The molecule has 0 aromatic heterocycles. The fraction of sp³-hybridized carbons (Fsp3) is 0.526. The first-order valence-corrected chi connectivity index (χ1v) is 10.7. The van der Waals surface area contributed by atoms with Gasteiger partial charge in [-0.2, -0.15) is 0 Å². The molecule has 2 aliphatic carbocycles. The molecule has 144 valence electrons. The number of ether oxygens (including phenoxy) is 2. The maximum Gasteiger partial charge on any atom is 0.310 e. The van der Waals surface area contributed by atoms with Crippen molar-refractivity contribution >= 4 is 55.4 Å². The van der Waals surface area contributed by atoms with Gasteiger partial charge in [-0.25, -0.2) is 0 Å². The summed E-state index contributed by atoms with van der Waals surface area (Å²) in [6.45, 7) is 1.63. The second-order valence-electron chi connectivity index (χ2n) is 7.27. The van der Waals surface area contributed by atoms with Crippen molar-refractivity contribution in [1.82, 2.24) is 0 Å². The van der Waals surface area contributed by atoms with Crippen LogP contribution in [0.15, 0.2) is 22.7 Å². The molecular weight excluding hydrogens is 482 g/mol. The topological polar surface area (TPSA) is 81.7 Å². The molecule has 6 nitrogen and oxygen atoms in total. The molecule has 1 heterocycles. The lowest BCUT2D eigenvalue weighted by molar-refractivity contribution is -0.157. The zero-order valence-electron chi connectivity index (χ0n) is 14.6. The van der Waals surface area contributed by atoms with Crippen LogP contribution >= 0.6 is 31.9 Å². The molecule has 1 N–H and O–H groups in total. The van der Waals surface area contributed by atoms with Crippen LogP contribution in [0.3, 0.4) is 0 Å². The summed E-state index contributed by atoms with van der Waals surface area (Å²) in [5.74, 6) is -2.07. The predicted octanol–water partition coefficient (Wildman–Crippen LogP) is 3.06. The van der Waals surface area contributed by atoms with Gasteiger partial charge < -0.3 is 14.8 Å². The van der Waals surface area contributed by atoms with E-state index in [9.17, 15) is 14.4 Å². The highest BCUT2D eigenvalue weighted by molar-refractivity contribution is 9.10. The minimum Gasteiger partial charge on any atom is -0.461 e.